The second kappa shape index (κ2) is 8.28. The van der Waals surface area contributed by atoms with Gasteiger partial charge in [0.15, 0.2) is 0 Å². The number of sulfonamides is 1. The van der Waals surface area contributed by atoms with Crippen LogP contribution < -0.4 is 5.32 Å². The molecule has 0 spiro atoms. The van der Waals surface area contributed by atoms with Crippen LogP contribution in [0.3, 0.4) is 0 Å². The first-order valence-electron chi connectivity index (χ1n) is 8.52. The Kier molecular flexibility index (Phi) is 6.05. The summed E-state index contributed by atoms with van der Waals surface area (Å²) in [4.78, 5) is 12.5. The number of nitrogens with zero attached hydrogens (tertiary/aromatic N) is 1. The number of furan rings is 1. The summed E-state index contributed by atoms with van der Waals surface area (Å²) in [5.41, 5.74) is 0.584. The molecule has 1 amide bonds. The van der Waals surface area contributed by atoms with Crippen LogP contribution in [0.5, 0.6) is 0 Å². The van der Waals surface area contributed by atoms with Gasteiger partial charge in [0.1, 0.15) is 5.76 Å². The van der Waals surface area contributed by atoms with Gasteiger partial charge in [0.05, 0.1) is 22.2 Å². The van der Waals surface area contributed by atoms with Gasteiger partial charge in [0, 0.05) is 18.8 Å². The zero-order valence-corrected chi connectivity index (χ0v) is 16.2. The van der Waals surface area contributed by atoms with Gasteiger partial charge in [0.2, 0.25) is 15.9 Å². The zero-order valence-electron chi connectivity index (χ0n) is 14.6. The summed E-state index contributed by atoms with van der Waals surface area (Å²) in [7, 11) is -3.43. The molecule has 1 aromatic heterocycles. The van der Waals surface area contributed by atoms with E-state index in [1.54, 1.807) is 30.5 Å². The van der Waals surface area contributed by atoms with E-state index in [1.165, 1.54) is 16.1 Å². The van der Waals surface area contributed by atoms with Crippen molar-refractivity contribution in [1.29, 1.82) is 0 Å². The van der Waals surface area contributed by atoms with E-state index in [1.807, 2.05) is 19.1 Å². The van der Waals surface area contributed by atoms with Crippen molar-refractivity contribution in [3.8, 4) is 0 Å². The summed E-state index contributed by atoms with van der Waals surface area (Å²) in [6.45, 7) is 2.98. The summed E-state index contributed by atoms with van der Waals surface area (Å²) in [6, 6.07) is 10.0. The normalized spacial score (nSPS) is 16.5. The summed E-state index contributed by atoms with van der Waals surface area (Å²) in [6.07, 6.45) is 3.42. The molecule has 1 N–H and O–H groups in total. The lowest BCUT2D eigenvalue weighted by atomic mass is 10.3. The Balaban J connectivity index is 1.57. The van der Waals surface area contributed by atoms with Gasteiger partial charge in [0.25, 0.3) is 0 Å². The Hall–Kier alpha value is -1.77. The molecule has 1 saturated heterocycles. The molecular weight excluding hydrogens is 372 g/mol. The molecule has 3 rings (SSSR count). The maximum absolute atomic E-state index is 12.5. The molecule has 1 aromatic carbocycles. The van der Waals surface area contributed by atoms with Crippen LogP contribution in [0.25, 0.3) is 0 Å². The zero-order chi connectivity index (χ0) is 18.6. The Bertz CT molecular complexity index is 827. The highest BCUT2D eigenvalue weighted by molar-refractivity contribution is 7.99. The number of benzene rings is 1. The Labute approximate surface area is 158 Å². The lowest BCUT2D eigenvalue weighted by Gasteiger charge is -2.16. The minimum atomic E-state index is -3.43. The monoisotopic (exact) mass is 394 g/mol. The number of hydrogen-bond donors (Lipinski definition) is 1. The van der Waals surface area contributed by atoms with Crippen molar-refractivity contribution in [2.24, 2.45) is 0 Å². The summed E-state index contributed by atoms with van der Waals surface area (Å²) >= 11 is 1.48. The van der Waals surface area contributed by atoms with Crippen LogP contribution in [0.1, 0.15) is 25.5 Å². The quantitative estimate of drug-likeness (QED) is 0.779. The van der Waals surface area contributed by atoms with Crippen molar-refractivity contribution in [3.63, 3.8) is 0 Å². The molecule has 1 aliphatic rings. The number of amides is 1. The van der Waals surface area contributed by atoms with E-state index in [0.29, 0.717) is 24.5 Å². The molecule has 1 atom stereocenters. The molecule has 0 bridgehead atoms. The number of carbonyl (C=O) groups excluding carboxylic acids is 1. The van der Waals surface area contributed by atoms with E-state index in [4.69, 9.17) is 4.42 Å². The van der Waals surface area contributed by atoms with E-state index in [0.717, 1.165) is 18.6 Å². The molecule has 0 aliphatic carbocycles. The molecule has 2 aromatic rings. The molecule has 6 nitrogen and oxygen atoms in total. The van der Waals surface area contributed by atoms with E-state index in [2.05, 4.69) is 5.32 Å². The van der Waals surface area contributed by atoms with Gasteiger partial charge < -0.3 is 9.73 Å². The molecular formula is C18H22N2O4S2. The second-order valence-corrected chi connectivity index (χ2v) is 9.42. The molecule has 0 saturated carbocycles. The van der Waals surface area contributed by atoms with Crippen LogP contribution in [0, 0.1) is 0 Å². The topological polar surface area (TPSA) is 79.6 Å². The number of carbonyl (C=O) groups is 1. The number of hydrogen-bond acceptors (Lipinski definition) is 5. The van der Waals surface area contributed by atoms with E-state index in [9.17, 15) is 13.2 Å². The third kappa shape index (κ3) is 4.49. The van der Waals surface area contributed by atoms with Crippen LogP contribution in [0.15, 0.2) is 52.0 Å². The third-order valence-corrected chi connectivity index (χ3v) is 7.33. The maximum Gasteiger partial charge on any atom is 0.243 e. The van der Waals surface area contributed by atoms with Gasteiger partial charge >= 0.3 is 0 Å². The first-order valence-corrected chi connectivity index (χ1v) is 11.0. The number of rotatable bonds is 7. The molecule has 26 heavy (non-hydrogen) atoms. The fourth-order valence-electron chi connectivity index (χ4n) is 2.71. The van der Waals surface area contributed by atoms with Crippen LogP contribution in [-0.2, 0) is 20.6 Å². The standard InChI is InChI=1S/C18H22N2O4S2/c1-14(25-13-16-5-4-12-24-16)18(21)19-15-6-8-17(9-7-15)26(22,23)20-10-2-3-11-20/h4-9,12,14H,2-3,10-11,13H2,1H3,(H,19,21)/t14-/m1/s1. The first kappa shape index (κ1) is 19.0. The minimum absolute atomic E-state index is 0.128. The van der Waals surface area contributed by atoms with Crippen molar-refractivity contribution in [3.05, 3.63) is 48.4 Å². The highest BCUT2D eigenvalue weighted by Crippen LogP contribution is 2.23. The SMILES string of the molecule is C[C@@H](SCc1ccco1)C(=O)Nc1ccc(S(=O)(=O)N2CCCC2)cc1. The van der Waals surface area contributed by atoms with E-state index in [-0.39, 0.29) is 16.1 Å². The van der Waals surface area contributed by atoms with Gasteiger partial charge in [-0.05, 0) is 56.2 Å². The average molecular weight is 395 g/mol. The Morgan fingerprint density at radius 3 is 2.54 bits per heavy atom. The molecule has 0 radical (unpaired) electrons. The molecule has 1 fully saturated rings. The smallest absolute Gasteiger partial charge is 0.243 e. The van der Waals surface area contributed by atoms with Crippen molar-refractivity contribution in [1.82, 2.24) is 4.31 Å². The molecule has 1 aliphatic heterocycles. The predicted octanol–water partition coefficient (Wildman–Crippen LogP) is 3.32. The van der Waals surface area contributed by atoms with Crippen molar-refractivity contribution >= 4 is 33.4 Å². The van der Waals surface area contributed by atoms with Gasteiger partial charge in [-0.15, -0.1) is 11.8 Å². The van der Waals surface area contributed by atoms with E-state index < -0.39 is 10.0 Å². The van der Waals surface area contributed by atoms with Crippen molar-refractivity contribution in [2.75, 3.05) is 18.4 Å². The van der Waals surface area contributed by atoms with Gasteiger partial charge in [-0.3, -0.25) is 4.79 Å². The number of thioether (sulfide) groups is 1. The lowest BCUT2D eigenvalue weighted by molar-refractivity contribution is -0.115. The number of nitrogens with one attached hydrogen (secondary N) is 1. The predicted molar refractivity (Wildman–Crippen MR) is 103 cm³/mol. The fourth-order valence-corrected chi connectivity index (χ4v) is 5.02. The largest absolute Gasteiger partial charge is 0.468 e. The highest BCUT2D eigenvalue weighted by Gasteiger charge is 2.27. The molecule has 2 heterocycles. The lowest BCUT2D eigenvalue weighted by Crippen LogP contribution is -2.27. The Morgan fingerprint density at radius 2 is 1.92 bits per heavy atom. The molecule has 0 unspecified atom stereocenters. The summed E-state index contributed by atoms with van der Waals surface area (Å²) in [5.74, 6) is 1.32. The van der Waals surface area contributed by atoms with Crippen LogP contribution in [0.2, 0.25) is 0 Å². The fraction of sp³-hybridized carbons (Fsp3) is 0.389. The molecule has 140 valence electrons. The van der Waals surface area contributed by atoms with Crippen molar-refractivity contribution in [2.45, 2.75) is 35.7 Å². The maximum atomic E-state index is 12.5. The highest BCUT2D eigenvalue weighted by atomic mass is 32.2. The van der Waals surface area contributed by atoms with Crippen LogP contribution in [-0.4, -0.2) is 37.0 Å². The first-order chi connectivity index (χ1) is 12.5. The average Bonchev–Trinajstić information content (AvgIpc) is 3.34. The van der Waals surface area contributed by atoms with Crippen molar-refractivity contribution < 1.29 is 17.6 Å². The van der Waals surface area contributed by atoms with E-state index >= 15 is 0 Å². The van der Waals surface area contributed by atoms with Gasteiger partial charge in [-0.2, -0.15) is 4.31 Å². The summed E-state index contributed by atoms with van der Waals surface area (Å²) < 4.78 is 31.8. The summed E-state index contributed by atoms with van der Waals surface area (Å²) in [5, 5.41) is 2.56. The minimum Gasteiger partial charge on any atom is -0.468 e. The number of anilines is 1. The van der Waals surface area contributed by atoms with Crippen LogP contribution >= 0.6 is 11.8 Å². The molecule has 8 heteroatoms. The third-order valence-electron chi connectivity index (χ3n) is 4.25. The van der Waals surface area contributed by atoms with Crippen LogP contribution in [0.4, 0.5) is 5.69 Å². The van der Waals surface area contributed by atoms with Gasteiger partial charge in [-0.1, -0.05) is 0 Å². The van der Waals surface area contributed by atoms with Gasteiger partial charge in [-0.25, -0.2) is 8.42 Å². The second-order valence-electron chi connectivity index (χ2n) is 6.16. The Morgan fingerprint density at radius 1 is 1.23 bits per heavy atom.